The van der Waals surface area contributed by atoms with Crippen LogP contribution in [0, 0.1) is 5.41 Å². The molecule has 0 aliphatic rings. The summed E-state index contributed by atoms with van der Waals surface area (Å²) < 4.78 is 5.52. The average molecular weight is 273 g/mol. The maximum Gasteiger partial charge on any atom is 0.130 e. The summed E-state index contributed by atoms with van der Waals surface area (Å²) in [4.78, 5) is 0. The number of ether oxygens (including phenoxy) is 1. The van der Waals surface area contributed by atoms with Gasteiger partial charge in [-0.2, -0.15) is 0 Å². The zero-order valence-electron chi connectivity index (χ0n) is 11.4. The Labute approximate surface area is 118 Å². The van der Waals surface area contributed by atoms with Crippen LogP contribution in [0.2, 0.25) is 0 Å². The second-order valence-corrected chi connectivity index (χ2v) is 3.94. The highest BCUT2D eigenvalue weighted by molar-refractivity contribution is 5.99. The van der Waals surface area contributed by atoms with Crippen LogP contribution in [0.1, 0.15) is 11.1 Å². The molecule has 20 heavy (non-hydrogen) atoms. The lowest BCUT2D eigenvalue weighted by Crippen LogP contribution is -2.11. The van der Waals surface area contributed by atoms with Gasteiger partial charge in [-0.05, 0) is 23.3 Å². The molecule has 4 heteroatoms. The molecule has 2 rings (SSSR count). The molecule has 0 atom stereocenters. The van der Waals surface area contributed by atoms with Crippen LogP contribution < -0.4 is 4.74 Å². The van der Waals surface area contributed by atoms with Gasteiger partial charge in [0, 0.05) is 7.11 Å². The third-order valence-corrected chi connectivity index (χ3v) is 2.61. The first-order valence-corrected chi connectivity index (χ1v) is 6.20. The molecule has 0 saturated heterocycles. The van der Waals surface area contributed by atoms with Crippen LogP contribution in [0.15, 0.2) is 54.6 Å². The van der Waals surface area contributed by atoms with E-state index in [4.69, 9.17) is 20.4 Å². The lowest BCUT2D eigenvalue weighted by atomic mass is 10.1. The molecular weight excluding hydrogens is 254 g/mol. The van der Waals surface area contributed by atoms with E-state index < -0.39 is 0 Å². The lowest BCUT2D eigenvalue weighted by Gasteiger charge is -2.08. The van der Waals surface area contributed by atoms with Crippen molar-refractivity contribution in [2.24, 2.45) is 0 Å². The number of nitrogens with one attached hydrogen (secondary N) is 1. The molecule has 0 amide bonds. The van der Waals surface area contributed by atoms with E-state index in [1.54, 1.807) is 12.1 Å². The van der Waals surface area contributed by atoms with Crippen LogP contribution in [0.4, 0.5) is 0 Å². The van der Waals surface area contributed by atoms with Crippen molar-refractivity contribution in [3.63, 3.8) is 0 Å². The Bertz CT molecular complexity index is 509. The van der Waals surface area contributed by atoms with Gasteiger partial charge in [-0.1, -0.05) is 42.5 Å². The minimum Gasteiger partial charge on any atom is -0.487 e. The highest BCUT2D eigenvalue weighted by Gasteiger charge is 2.01. The van der Waals surface area contributed by atoms with E-state index in [9.17, 15) is 0 Å². The summed E-state index contributed by atoms with van der Waals surface area (Å²) >= 11 is 0. The monoisotopic (exact) mass is 273 g/mol. The van der Waals surface area contributed by atoms with Gasteiger partial charge in [0.2, 0.25) is 0 Å². The summed E-state index contributed by atoms with van der Waals surface area (Å²) in [6.07, 6.45) is 0. The van der Waals surface area contributed by atoms with Crippen LogP contribution in [-0.4, -0.2) is 29.6 Å². The normalized spacial score (nSPS) is 9.35. The van der Waals surface area contributed by atoms with Gasteiger partial charge in [0.25, 0.3) is 0 Å². The molecule has 0 unspecified atom stereocenters. The Hall–Kier alpha value is -2.17. The lowest BCUT2D eigenvalue weighted by molar-refractivity contribution is 0.281. The van der Waals surface area contributed by atoms with Crippen LogP contribution in [0.25, 0.3) is 0 Å². The van der Waals surface area contributed by atoms with E-state index in [-0.39, 0.29) is 13.2 Å². The number of benzene rings is 2. The van der Waals surface area contributed by atoms with Crippen molar-refractivity contribution in [3.05, 3.63) is 65.7 Å². The first-order valence-electron chi connectivity index (χ1n) is 6.20. The van der Waals surface area contributed by atoms with E-state index in [1.807, 2.05) is 42.5 Å². The van der Waals surface area contributed by atoms with E-state index in [2.05, 4.69) is 0 Å². The second kappa shape index (κ2) is 8.85. The summed E-state index contributed by atoms with van der Waals surface area (Å²) in [5.74, 6) is 0.702. The van der Waals surface area contributed by atoms with Crippen molar-refractivity contribution in [2.75, 3.05) is 13.7 Å². The third kappa shape index (κ3) is 4.84. The summed E-state index contributed by atoms with van der Waals surface area (Å²) in [7, 11) is 1.00. The standard InChI is InChI=1S/C15H15NO2.CH4O/c16-15(13-4-2-1-3-5-13)11-18-14-8-6-12(10-17)7-9-14;1-2/h1-9,16-17H,10-11H2;2H,1H3. The number of rotatable bonds is 5. The smallest absolute Gasteiger partial charge is 0.130 e. The fraction of sp³-hybridized carbons (Fsp3) is 0.188. The Morgan fingerprint density at radius 1 is 1.00 bits per heavy atom. The predicted molar refractivity (Wildman–Crippen MR) is 79.3 cm³/mol. The molecular formula is C16H19NO3. The Morgan fingerprint density at radius 2 is 1.60 bits per heavy atom. The van der Waals surface area contributed by atoms with Crippen LogP contribution in [0.5, 0.6) is 5.75 Å². The third-order valence-electron chi connectivity index (χ3n) is 2.61. The van der Waals surface area contributed by atoms with Gasteiger partial charge in [0.15, 0.2) is 0 Å². The maximum atomic E-state index is 8.92. The van der Waals surface area contributed by atoms with Crippen LogP contribution >= 0.6 is 0 Å². The van der Waals surface area contributed by atoms with Gasteiger partial charge in [0.05, 0.1) is 12.3 Å². The highest BCUT2D eigenvalue weighted by atomic mass is 16.5. The number of aliphatic hydroxyl groups excluding tert-OH is 2. The van der Waals surface area contributed by atoms with Crippen LogP contribution in [-0.2, 0) is 6.61 Å². The summed E-state index contributed by atoms with van der Waals surface area (Å²) in [6.45, 7) is 0.266. The Balaban J connectivity index is 0.000000956. The molecule has 4 nitrogen and oxygen atoms in total. The molecule has 3 N–H and O–H groups in total. The fourth-order valence-corrected chi connectivity index (χ4v) is 1.57. The topological polar surface area (TPSA) is 73.5 Å². The molecule has 2 aromatic rings. The van der Waals surface area contributed by atoms with E-state index in [0.29, 0.717) is 11.5 Å². The van der Waals surface area contributed by atoms with Crippen molar-refractivity contribution in [3.8, 4) is 5.75 Å². The number of hydrogen-bond donors (Lipinski definition) is 3. The summed E-state index contributed by atoms with van der Waals surface area (Å²) in [6, 6.07) is 16.7. The van der Waals surface area contributed by atoms with Gasteiger partial charge in [-0.3, -0.25) is 0 Å². The molecule has 0 radical (unpaired) electrons. The Morgan fingerprint density at radius 3 is 2.15 bits per heavy atom. The summed E-state index contributed by atoms with van der Waals surface area (Å²) in [5, 5.41) is 23.8. The largest absolute Gasteiger partial charge is 0.487 e. The van der Waals surface area contributed by atoms with Crippen LogP contribution in [0.3, 0.4) is 0 Å². The van der Waals surface area contributed by atoms with Gasteiger partial charge >= 0.3 is 0 Å². The minimum absolute atomic E-state index is 0.0279. The van der Waals surface area contributed by atoms with E-state index >= 15 is 0 Å². The van der Waals surface area contributed by atoms with E-state index in [0.717, 1.165) is 18.2 Å². The number of hydrogen-bond acceptors (Lipinski definition) is 4. The van der Waals surface area contributed by atoms with Gasteiger partial charge in [-0.25, -0.2) is 0 Å². The maximum absolute atomic E-state index is 8.92. The molecule has 0 aliphatic heterocycles. The molecule has 0 aromatic heterocycles. The van der Waals surface area contributed by atoms with Gasteiger partial charge in [0.1, 0.15) is 12.4 Å². The minimum atomic E-state index is 0.0279. The van der Waals surface area contributed by atoms with Crippen molar-refractivity contribution in [1.29, 1.82) is 5.41 Å². The van der Waals surface area contributed by atoms with Crippen molar-refractivity contribution < 1.29 is 14.9 Å². The molecule has 0 saturated carbocycles. The molecule has 0 aliphatic carbocycles. The highest BCUT2D eigenvalue weighted by Crippen LogP contribution is 2.12. The van der Waals surface area contributed by atoms with Crippen molar-refractivity contribution in [2.45, 2.75) is 6.61 Å². The fourth-order valence-electron chi connectivity index (χ4n) is 1.57. The molecule has 0 bridgehead atoms. The first kappa shape index (κ1) is 15.9. The van der Waals surface area contributed by atoms with Crippen molar-refractivity contribution in [1.82, 2.24) is 0 Å². The summed E-state index contributed by atoms with van der Waals surface area (Å²) in [5.41, 5.74) is 2.16. The molecule has 106 valence electrons. The van der Waals surface area contributed by atoms with Gasteiger partial charge in [-0.15, -0.1) is 0 Å². The molecule has 2 aromatic carbocycles. The average Bonchev–Trinajstić information content (AvgIpc) is 2.55. The first-order chi connectivity index (χ1) is 9.79. The van der Waals surface area contributed by atoms with Gasteiger partial charge < -0.3 is 20.4 Å². The predicted octanol–water partition coefficient (Wildman–Crippen LogP) is 2.23. The van der Waals surface area contributed by atoms with E-state index in [1.165, 1.54) is 0 Å². The Kier molecular flexibility index (Phi) is 7.03. The molecule has 0 fully saturated rings. The molecule has 0 spiro atoms. The zero-order chi connectivity index (χ0) is 14.8. The zero-order valence-corrected chi connectivity index (χ0v) is 11.4. The quantitative estimate of drug-likeness (QED) is 0.731. The molecule has 0 heterocycles. The second-order valence-electron chi connectivity index (χ2n) is 3.94. The SMILES string of the molecule is CO.N=C(COc1ccc(CO)cc1)c1ccccc1. The number of aliphatic hydroxyl groups is 2. The van der Waals surface area contributed by atoms with Crippen molar-refractivity contribution >= 4 is 5.71 Å².